The van der Waals surface area contributed by atoms with Gasteiger partial charge in [0.05, 0.1) is 17.3 Å². The normalized spacial score (nSPS) is 16.9. The molecule has 1 aliphatic rings. The molecule has 3 rings (SSSR count). The average Bonchev–Trinajstić information content (AvgIpc) is 3.03. The number of imidazole rings is 1. The Hall–Kier alpha value is -2.16. The molecule has 2 aromatic rings. The first-order valence-corrected chi connectivity index (χ1v) is 10.3. The Labute approximate surface area is 165 Å². The van der Waals surface area contributed by atoms with Gasteiger partial charge in [0.2, 0.25) is 0 Å². The highest BCUT2D eigenvalue weighted by Gasteiger charge is 2.35. The van der Waals surface area contributed by atoms with Crippen LogP contribution in [0.3, 0.4) is 0 Å². The Balaban J connectivity index is 1.87. The summed E-state index contributed by atoms with van der Waals surface area (Å²) in [6, 6.07) is 4.68. The smallest absolute Gasteiger partial charge is 0.416 e. The van der Waals surface area contributed by atoms with Crippen molar-refractivity contribution < 1.29 is 23.1 Å². The van der Waals surface area contributed by atoms with Gasteiger partial charge < -0.3 is 9.67 Å². The van der Waals surface area contributed by atoms with Gasteiger partial charge in [-0.25, -0.2) is 9.78 Å². The molecule has 5 nitrogen and oxygen atoms in total. The zero-order chi connectivity index (χ0) is 20.5. The van der Waals surface area contributed by atoms with Crippen LogP contribution in [0.1, 0.15) is 42.0 Å². The quantitative estimate of drug-likeness (QED) is 0.712. The van der Waals surface area contributed by atoms with Crippen LogP contribution in [0.5, 0.6) is 0 Å². The molecule has 1 aromatic carbocycles. The number of carbonyl (C=O) groups is 1. The molecule has 0 aliphatic carbocycles. The fraction of sp³-hybridized carbons (Fsp3) is 0.474. The van der Waals surface area contributed by atoms with Gasteiger partial charge in [0.25, 0.3) is 0 Å². The Bertz CT molecular complexity index is 849. The van der Waals surface area contributed by atoms with Crippen LogP contribution >= 0.6 is 11.8 Å². The van der Waals surface area contributed by atoms with Crippen molar-refractivity contribution in [2.75, 3.05) is 12.8 Å². The van der Waals surface area contributed by atoms with E-state index in [9.17, 15) is 23.1 Å². The van der Waals surface area contributed by atoms with Crippen molar-refractivity contribution in [3.8, 4) is 0 Å². The number of carboxylic acid groups (broad SMARTS) is 1. The van der Waals surface area contributed by atoms with E-state index in [0.717, 1.165) is 40.7 Å². The number of aromatic nitrogens is 2. The first kappa shape index (κ1) is 20.6. The minimum atomic E-state index is -4.36. The van der Waals surface area contributed by atoms with Crippen molar-refractivity contribution in [3.05, 3.63) is 46.9 Å². The number of amides is 1. The number of alkyl halides is 3. The molecule has 1 aromatic heterocycles. The van der Waals surface area contributed by atoms with Crippen LogP contribution < -0.4 is 0 Å². The van der Waals surface area contributed by atoms with Crippen molar-refractivity contribution >= 4 is 17.9 Å². The van der Waals surface area contributed by atoms with Crippen molar-refractivity contribution in [3.63, 3.8) is 0 Å². The van der Waals surface area contributed by atoms with Gasteiger partial charge in [-0.3, -0.25) is 4.90 Å². The second-order valence-corrected chi connectivity index (χ2v) is 7.45. The minimum absolute atomic E-state index is 0.371. The van der Waals surface area contributed by atoms with Gasteiger partial charge in [0.1, 0.15) is 10.9 Å². The zero-order valence-electron chi connectivity index (χ0n) is 15.7. The number of benzene rings is 1. The van der Waals surface area contributed by atoms with Gasteiger partial charge in [-0.1, -0.05) is 19.1 Å². The lowest BCUT2D eigenvalue weighted by Gasteiger charge is -2.35. The molecule has 0 saturated carbocycles. The van der Waals surface area contributed by atoms with Crippen molar-refractivity contribution in [2.45, 2.75) is 50.0 Å². The van der Waals surface area contributed by atoms with Crippen molar-refractivity contribution in [1.82, 2.24) is 14.5 Å². The SMILES string of the molecule is CCc1nc(SC)c2n1CCN(C(=O)O)C2CCc1ccc(C(F)(F)F)cc1. The molecule has 9 heteroatoms. The second-order valence-electron chi connectivity index (χ2n) is 6.65. The molecule has 0 spiro atoms. The zero-order valence-corrected chi connectivity index (χ0v) is 16.5. The van der Waals surface area contributed by atoms with E-state index < -0.39 is 17.8 Å². The van der Waals surface area contributed by atoms with Crippen LogP contribution in [0, 0.1) is 0 Å². The summed E-state index contributed by atoms with van der Waals surface area (Å²) >= 11 is 1.49. The molecular weight excluding hydrogens is 391 g/mol. The molecule has 0 saturated heterocycles. The summed E-state index contributed by atoms with van der Waals surface area (Å²) in [5.74, 6) is 0.934. The Morgan fingerprint density at radius 2 is 1.96 bits per heavy atom. The van der Waals surface area contributed by atoms with E-state index in [1.54, 1.807) is 0 Å². The number of hydrogen-bond acceptors (Lipinski definition) is 3. The maximum absolute atomic E-state index is 12.7. The summed E-state index contributed by atoms with van der Waals surface area (Å²) in [6.07, 6.45) is -1.72. The maximum atomic E-state index is 12.7. The summed E-state index contributed by atoms with van der Waals surface area (Å²) < 4.78 is 40.3. The fourth-order valence-electron chi connectivity index (χ4n) is 3.68. The van der Waals surface area contributed by atoms with Crippen LogP contribution in [0.15, 0.2) is 29.3 Å². The Kier molecular flexibility index (Phi) is 5.92. The monoisotopic (exact) mass is 413 g/mol. The van der Waals surface area contributed by atoms with E-state index in [2.05, 4.69) is 9.55 Å². The molecule has 1 atom stereocenters. The molecule has 28 heavy (non-hydrogen) atoms. The molecule has 1 N–H and O–H groups in total. The first-order valence-electron chi connectivity index (χ1n) is 9.05. The molecule has 0 bridgehead atoms. The van der Waals surface area contributed by atoms with Gasteiger partial charge in [0, 0.05) is 19.5 Å². The number of aryl methyl sites for hydroxylation is 2. The summed E-state index contributed by atoms with van der Waals surface area (Å²) in [6.45, 7) is 2.95. The lowest BCUT2D eigenvalue weighted by molar-refractivity contribution is -0.137. The number of hydrogen-bond donors (Lipinski definition) is 1. The van der Waals surface area contributed by atoms with Gasteiger partial charge >= 0.3 is 12.3 Å². The van der Waals surface area contributed by atoms with Gasteiger partial charge in [-0.05, 0) is 36.8 Å². The fourth-order valence-corrected chi connectivity index (χ4v) is 4.33. The third kappa shape index (κ3) is 3.99. The molecule has 1 aliphatic heterocycles. The van der Waals surface area contributed by atoms with Gasteiger partial charge in [0.15, 0.2) is 0 Å². The number of rotatable bonds is 5. The molecular formula is C19H22F3N3O2S. The van der Waals surface area contributed by atoms with Crippen LogP contribution in [-0.2, 0) is 25.6 Å². The third-order valence-electron chi connectivity index (χ3n) is 5.05. The van der Waals surface area contributed by atoms with Gasteiger partial charge in [-0.15, -0.1) is 11.8 Å². The summed E-state index contributed by atoms with van der Waals surface area (Å²) in [5.41, 5.74) is 0.956. The Morgan fingerprint density at radius 3 is 2.50 bits per heavy atom. The number of nitrogens with zero attached hydrogens (tertiary/aromatic N) is 3. The van der Waals surface area contributed by atoms with Gasteiger partial charge in [-0.2, -0.15) is 13.2 Å². The molecule has 1 unspecified atom stereocenters. The summed E-state index contributed by atoms with van der Waals surface area (Å²) in [5, 5.41) is 10.5. The van der Waals surface area contributed by atoms with Crippen LogP contribution in [0.4, 0.5) is 18.0 Å². The summed E-state index contributed by atoms with van der Waals surface area (Å²) in [4.78, 5) is 17.8. The lowest BCUT2D eigenvalue weighted by atomic mass is 9.99. The second kappa shape index (κ2) is 8.06. The van der Waals surface area contributed by atoms with Crippen molar-refractivity contribution in [1.29, 1.82) is 0 Å². The highest BCUT2D eigenvalue weighted by Crippen LogP contribution is 2.37. The highest BCUT2D eigenvalue weighted by atomic mass is 32.2. The average molecular weight is 413 g/mol. The molecule has 1 amide bonds. The van der Waals surface area contributed by atoms with E-state index in [1.807, 2.05) is 13.2 Å². The largest absolute Gasteiger partial charge is 0.465 e. The van der Waals surface area contributed by atoms with Crippen molar-refractivity contribution in [2.24, 2.45) is 0 Å². The first-order chi connectivity index (χ1) is 13.3. The predicted octanol–water partition coefficient (Wildman–Crippen LogP) is 4.85. The van der Waals surface area contributed by atoms with E-state index in [0.29, 0.717) is 25.9 Å². The standard InChI is InChI=1S/C19H22F3N3O2S/c1-3-15-23-17(28-2)16-14(24(18(26)27)10-11-25(15)16)9-6-12-4-7-13(8-5-12)19(20,21)22/h4-5,7-8,14H,3,6,9-11H2,1-2H3,(H,26,27). The summed E-state index contributed by atoms with van der Waals surface area (Å²) in [7, 11) is 0. The van der Waals surface area contributed by atoms with Crippen LogP contribution in [-0.4, -0.2) is 38.5 Å². The van der Waals surface area contributed by atoms with E-state index in [-0.39, 0.29) is 6.04 Å². The lowest BCUT2D eigenvalue weighted by Crippen LogP contribution is -2.42. The number of halogens is 3. The van der Waals surface area contributed by atoms with Crippen LogP contribution in [0.2, 0.25) is 0 Å². The minimum Gasteiger partial charge on any atom is -0.465 e. The predicted molar refractivity (Wildman–Crippen MR) is 101 cm³/mol. The van der Waals surface area contributed by atoms with E-state index in [4.69, 9.17) is 0 Å². The van der Waals surface area contributed by atoms with E-state index >= 15 is 0 Å². The topological polar surface area (TPSA) is 58.4 Å². The number of thioether (sulfide) groups is 1. The van der Waals surface area contributed by atoms with E-state index in [1.165, 1.54) is 28.8 Å². The van der Waals surface area contributed by atoms with Crippen LogP contribution in [0.25, 0.3) is 0 Å². The molecule has 152 valence electrons. The third-order valence-corrected chi connectivity index (χ3v) is 5.74. The molecule has 0 radical (unpaired) electrons. The molecule has 2 heterocycles. The Morgan fingerprint density at radius 1 is 1.29 bits per heavy atom. The maximum Gasteiger partial charge on any atom is 0.416 e. The number of fused-ring (bicyclic) bond motifs is 1. The molecule has 0 fully saturated rings. The highest BCUT2D eigenvalue weighted by molar-refractivity contribution is 7.98.